The molecule has 2 aromatic rings. The maximum absolute atomic E-state index is 12.2. The number of nitro benzene ring substituents is 1. The maximum atomic E-state index is 12.2. The van der Waals surface area contributed by atoms with Crippen molar-refractivity contribution in [3.8, 4) is 11.5 Å². The molecule has 0 bridgehead atoms. The predicted molar refractivity (Wildman–Crippen MR) is 101 cm³/mol. The van der Waals surface area contributed by atoms with Crippen LogP contribution in [0.15, 0.2) is 55.1 Å². The van der Waals surface area contributed by atoms with Crippen LogP contribution in [0, 0.1) is 10.1 Å². The van der Waals surface area contributed by atoms with Gasteiger partial charge in [0.2, 0.25) is 0 Å². The number of carbonyl (C=O) groups excluding carboxylic acids is 2. The molecule has 0 aromatic heterocycles. The number of nitrogens with zero attached hydrogens (tertiary/aromatic N) is 1. The molecule has 0 radical (unpaired) electrons. The summed E-state index contributed by atoms with van der Waals surface area (Å²) in [7, 11) is 0. The molecule has 146 valence electrons. The highest BCUT2D eigenvalue weighted by atomic mass is 16.6. The summed E-state index contributed by atoms with van der Waals surface area (Å²) in [6.07, 6.45) is 1.59. The van der Waals surface area contributed by atoms with Gasteiger partial charge in [0.1, 0.15) is 6.61 Å². The summed E-state index contributed by atoms with van der Waals surface area (Å²) >= 11 is 0. The fraction of sp³-hybridized carbons (Fsp3) is 0.200. The highest BCUT2D eigenvalue weighted by molar-refractivity contribution is 5.99. The number of rotatable bonds is 10. The molecule has 0 fully saturated rings. The molecule has 2 rings (SSSR count). The van der Waals surface area contributed by atoms with E-state index in [0.29, 0.717) is 18.1 Å². The van der Waals surface area contributed by atoms with Crippen molar-refractivity contribution in [1.82, 2.24) is 0 Å². The standard InChI is InChI=1S/C20H19NO7/c1-3-11-27-18-10-7-15(12-19(18)26-4-2)20(23)28-13-17(22)14-5-8-16(9-6-14)21(24)25/h3,5-10,12H,1,4,11,13H2,2H3. The summed E-state index contributed by atoms with van der Waals surface area (Å²) in [4.78, 5) is 34.4. The molecular formula is C20H19NO7. The molecular weight excluding hydrogens is 366 g/mol. The number of carbonyl (C=O) groups is 2. The molecule has 0 saturated carbocycles. The Morgan fingerprint density at radius 3 is 2.36 bits per heavy atom. The van der Waals surface area contributed by atoms with Crippen molar-refractivity contribution in [2.45, 2.75) is 6.92 Å². The summed E-state index contributed by atoms with van der Waals surface area (Å²) in [6.45, 7) is 5.54. The van der Waals surface area contributed by atoms with Gasteiger partial charge in [-0.2, -0.15) is 0 Å². The monoisotopic (exact) mass is 385 g/mol. The minimum absolute atomic E-state index is 0.129. The second-order valence-corrected chi connectivity index (χ2v) is 5.50. The number of hydrogen-bond donors (Lipinski definition) is 0. The van der Waals surface area contributed by atoms with Gasteiger partial charge in [0.15, 0.2) is 23.9 Å². The summed E-state index contributed by atoms with van der Waals surface area (Å²) in [5.74, 6) is -0.341. The Hall–Kier alpha value is -3.68. The van der Waals surface area contributed by atoms with Crippen molar-refractivity contribution in [2.24, 2.45) is 0 Å². The molecule has 0 N–H and O–H groups in total. The summed E-state index contributed by atoms with van der Waals surface area (Å²) in [6, 6.07) is 9.60. The van der Waals surface area contributed by atoms with Crippen LogP contribution < -0.4 is 9.47 Å². The van der Waals surface area contributed by atoms with Gasteiger partial charge in [-0.25, -0.2) is 4.79 Å². The van der Waals surface area contributed by atoms with Crippen LogP contribution in [0.5, 0.6) is 11.5 Å². The predicted octanol–water partition coefficient (Wildman–Crippen LogP) is 3.60. The Kier molecular flexibility index (Phi) is 7.27. The summed E-state index contributed by atoms with van der Waals surface area (Å²) < 4.78 is 16.0. The van der Waals surface area contributed by atoms with Crippen molar-refractivity contribution in [1.29, 1.82) is 0 Å². The normalized spacial score (nSPS) is 10.0. The molecule has 0 atom stereocenters. The number of non-ortho nitro benzene ring substituents is 1. The van der Waals surface area contributed by atoms with Gasteiger partial charge in [-0.05, 0) is 37.3 Å². The summed E-state index contributed by atoms with van der Waals surface area (Å²) in [5.41, 5.74) is 0.281. The van der Waals surface area contributed by atoms with Crippen molar-refractivity contribution >= 4 is 17.4 Å². The van der Waals surface area contributed by atoms with E-state index >= 15 is 0 Å². The number of Topliss-reactive ketones (excluding diaryl/α,β-unsaturated/α-hetero) is 1. The van der Waals surface area contributed by atoms with E-state index in [4.69, 9.17) is 14.2 Å². The lowest BCUT2D eigenvalue weighted by Gasteiger charge is -2.12. The highest BCUT2D eigenvalue weighted by Crippen LogP contribution is 2.29. The number of ether oxygens (including phenoxy) is 3. The van der Waals surface area contributed by atoms with Gasteiger partial charge in [0.05, 0.1) is 17.1 Å². The van der Waals surface area contributed by atoms with Crippen molar-refractivity contribution < 1.29 is 28.7 Å². The quantitative estimate of drug-likeness (QED) is 0.202. The third-order valence-electron chi connectivity index (χ3n) is 3.57. The van der Waals surface area contributed by atoms with Crippen molar-refractivity contribution in [3.63, 3.8) is 0 Å². The number of nitro groups is 1. The number of ketones is 1. The van der Waals surface area contributed by atoms with Gasteiger partial charge in [-0.1, -0.05) is 12.7 Å². The molecule has 0 unspecified atom stereocenters. The fourth-order valence-corrected chi connectivity index (χ4v) is 2.24. The van der Waals surface area contributed by atoms with Gasteiger partial charge < -0.3 is 14.2 Å². The highest BCUT2D eigenvalue weighted by Gasteiger charge is 2.16. The number of esters is 1. The Morgan fingerprint density at radius 2 is 1.75 bits per heavy atom. The van der Waals surface area contributed by atoms with E-state index in [1.807, 2.05) is 0 Å². The molecule has 0 aliphatic carbocycles. The van der Waals surface area contributed by atoms with Crippen LogP contribution >= 0.6 is 0 Å². The Morgan fingerprint density at radius 1 is 1.07 bits per heavy atom. The second kappa shape index (κ2) is 9.86. The minimum atomic E-state index is -0.702. The molecule has 2 aromatic carbocycles. The number of benzene rings is 2. The first-order valence-electron chi connectivity index (χ1n) is 8.41. The molecule has 0 heterocycles. The summed E-state index contributed by atoms with van der Waals surface area (Å²) in [5, 5.41) is 10.6. The van der Waals surface area contributed by atoms with Crippen LogP contribution in [0.1, 0.15) is 27.6 Å². The van der Waals surface area contributed by atoms with Crippen LogP contribution in [0.2, 0.25) is 0 Å². The van der Waals surface area contributed by atoms with E-state index in [1.54, 1.807) is 19.1 Å². The smallest absolute Gasteiger partial charge is 0.338 e. The molecule has 0 aliphatic heterocycles. The fourth-order valence-electron chi connectivity index (χ4n) is 2.24. The first kappa shape index (κ1) is 20.6. The van der Waals surface area contributed by atoms with E-state index in [0.717, 1.165) is 0 Å². The van der Waals surface area contributed by atoms with Crippen LogP contribution in [-0.2, 0) is 4.74 Å². The molecule has 8 nitrogen and oxygen atoms in total. The zero-order valence-corrected chi connectivity index (χ0v) is 15.3. The maximum Gasteiger partial charge on any atom is 0.338 e. The molecule has 0 spiro atoms. The van der Waals surface area contributed by atoms with Crippen LogP contribution in [0.25, 0.3) is 0 Å². The third kappa shape index (κ3) is 5.41. The van der Waals surface area contributed by atoms with Crippen LogP contribution in [-0.4, -0.2) is 36.5 Å². The van der Waals surface area contributed by atoms with E-state index in [9.17, 15) is 19.7 Å². The SMILES string of the molecule is C=CCOc1ccc(C(=O)OCC(=O)c2ccc([N+](=O)[O-])cc2)cc1OCC. The van der Waals surface area contributed by atoms with E-state index < -0.39 is 23.3 Å². The van der Waals surface area contributed by atoms with Gasteiger partial charge in [-0.3, -0.25) is 14.9 Å². The largest absolute Gasteiger partial charge is 0.490 e. The average molecular weight is 385 g/mol. The van der Waals surface area contributed by atoms with Crippen molar-refractivity contribution in [2.75, 3.05) is 19.8 Å². The van der Waals surface area contributed by atoms with E-state index in [1.165, 1.54) is 36.4 Å². The first-order chi connectivity index (χ1) is 13.5. The Balaban J connectivity index is 2.03. The van der Waals surface area contributed by atoms with Crippen LogP contribution in [0.4, 0.5) is 5.69 Å². The van der Waals surface area contributed by atoms with Gasteiger partial charge in [-0.15, -0.1) is 0 Å². The molecule has 8 heteroatoms. The lowest BCUT2D eigenvalue weighted by molar-refractivity contribution is -0.384. The van der Waals surface area contributed by atoms with Gasteiger partial charge >= 0.3 is 5.97 Å². The van der Waals surface area contributed by atoms with Gasteiger partial charge in [0, 0.05) is 17.7 Å². The van der Waals surface area contributed by atoms with E-state index in [-0.39, 0.29) is 23.4 Å². The molecule has 0 saturated heterocycles. The number of hydrogen-bond acceptors (Lipinski definition) is 7. The van der Waals surface area contributed by atoms with Crippen molar-refractivity contribution in [3.05, 3.63) is 76.4 Å². The lowest BCUT2D eigenvalue weighted by Crippen LogP contribution is -2.14. The van der Waals surface area contributed by atoms with Gasteiger partial charge in [0.25, 0.3) is 5.69 Å². The molecule has 28 heavy (non-hydrogen) atoms. The van der Waals surface area contributed by atoms with E-state index in [2.05, 4.69) is 6.58 Å². The first-order valence-corrected chi connectivity index (χ1v) is 8.41. The molecule has 0 aliphatic rings. The molecule has 0 amide bonds. The average Bonchev–Trinajstić information content (AvgIpc) is 2.71. The third-order valence-corrected chi connectivity index (χ3v) is 3.57. The van der Waals surface area contributed by atoms with Crippen LogP contribution in [0.3, 0.4) is 0 Å². The Bertz CT molecular complexity index is 875. The zero-order chi connectivity index (χ0) is 20.5. The minimum Gasteiger partial charge on any atom is -0.490 e. The second-order valence-electron chi connectivity index (χ2n) is 5.50. The zero-order valence-electron chi connectivity index (χ0n) is 15.3. The topological polar surface area (TPSA) is 105 Å². The lowest BCUT2D eigenvalue weighted by atomic mass is 10.1. The Labute approximate surface area is 161 Å².